The van der Waals surface area contributed by atoms with Gasteiger partial charge in [0.1, 0.15) is 0 Å². The molecule has 0 saturated carbocycles. The van der Waals surface area contributed by atoms with Gasteiger partial charge in [-0.1, -0.05) is 6.07 Å². The van der Waals surface area contributed by atoms with Gasteiger partial charge in [-0.2, -0.15) is 0 Å². The van der Waals surface area contributed by atoms with Crippen molar-refractivity contribution in [2.75, 3.05) is 32.8 Å². The van der Waals surface area contributed by atoms with E-state index in [0.29, 0.717) is 12.6 Å². The van der Waals surface area contributed by atoms with E-state index < -0.39 is 0 Å². The number of fused-ring (bicyclic) bond motifs is 1. The lowest BCUT2D eigenvalue weighted by Gasteiger charge is -2.36. The van der Waals surface area contributed by atoms with Crippen molar-refractivity contribution in [2.45, 2.75) is 45.2 Å². The van der Waals surface area contributed by atoms with E-state index >= 15 is 0 Å². The minimum Gasteiger partial charge on any atom is -0.450 e. The Kier molecular flexibility index (Phi) is 4.95. The molecular weight excluding hydrogens is 344 g/mol. The topological polar surface area (TPSA) is 70.6 Å². The van der Waals surface area contributed by atoms with Crippen LogP contribution in [-0.4, -0.2) is 64.3 Å². The van der Waals surface area contributed by atoms with Crippen molar-refractivity contribution in [1.29, 1.82) is 0 Å². The molecule has 3 heterocycles. The van der Waals surface area contributed by atoms with E-state index in [0.717, 1.165) is 62.0 Å². The summed E-state index contributed by atoms with van der Waals surface area (Å²) in [5.74, 6) is 0. The summed E-state index contributed by atoms with van der Waals surface area (Å²) in [5.41, 5.74) is 3.07. The number of ether oxygens (including phenoxy) is 1. The van der Waals surface area contributed by atoms with Crippen molar-refractivity contribution >= 4 is 17.1 Å². The first-order chi connectivity index (χ1) is 13.1. The van der Waals surface area contributed by atoms with Crippen LogP contribution in [0, 0.1) is 6.92 Å². The summed E-state index contributed by atoms with van der Waals surface area (Å²) in [6.07, 6.45) is 2.71. The number of nitrogens with zero attached hydrogens (tertiary/aromatic N) is 3. The first-order valence-electron chi connectivity index (χ1n) is 9.93. The van der Waals surface area contributed by atoms with Crippen molar-refractivity contribution in [1.82, 2.24) is 19.4 Å². The van der Waals surface area contributed by atoms with Crippen molar-refractivity contribution in [3.63, 3.8) is 0 Å². The summed E-state index contributed by atoms with van der Waals surface area (Å²) in [5, 5.41) is 0. The Bertz CT molecular complexity index is 879. The molecule has 7 heteroatoms. The molecule has 27 heavy (non-hydrogen) atoms. The number of rotatable bonds is 3. The van der Waals surface area contributed by atoms with Crippen LogP contribution in [-0.2, 0) is 4.74 Å². The number of H-pyrrole nitrogens is 1. The Morgan fingerprint density at radius 2 is 1.93 bits per heavy atom. The summed E-state index contributed by atoms with van der Waals surface area (Å²) in [7, 11) is 0. The molecule has 1 aromatic heterocycles. The molecule has 146 valence electrons. The van der Waals surface area contributed by atoms with Gasteiger partial charge < -0.3 is 14.6 Å². The smallest absolute Gasteiger partial charge is 0.409 e. The molecule has 0 bridgehead atoms. The quantitative estimate of drug-likeness (QED) is 0.899. The third kappa shape index (κ3) is 3.48. The Labute approximate surface area is 158 Å². The number of aromatic nitrogens is 2. The van der Waals surface area contributed by atoms with E-state index in [-0.39, 0.29) is 17.8 Å². The average molecular weight is 372 g/mol. The van der Waals surface area contributed by atoms with Gasteiger partial charge in [0.25, 0.3) is 0 Å². The first-order valence-corrected chi connectivity index (χ1v) is 9.93. The number of carbonyl (C=O) groups excluding carboxylic acids is 1. The number of benzene rings is 1. The third-order valence-electron chi connectivity index (χ3n) is 5.94. The second kappa shape index (κ2) is 7.38. The highest BCUT2D eigenvalue weighted by Crippen LogP contribution is 2.28. The van der Waals surface area contributed by atoms with Gasteiger partial charge in [0.05, 0.1) is 17.6 Å². The minimum atomic E-state index is -0.199. The number of likely N-dealkylation sites (tertiary alicyclic amines) is 2. The van der Waals surface area contributed by atoms with Gasteiger partial charge in [0.15, 0.2) is 0 Å². The largest absolute Gasteiger partial charge is 0.450 e. The highest BCUT2D eigenvalue weighted by atomic mass is 16.6. The number of amides is 1. The lowest BCUT2D eigenvalue weighted by molar-refractivity contribution is 0.105. The monoisotopic (exact) mass is 372 g/mol. The van der Waals surface area contributed by atoms with Crippen molar-refractivity contribution in [3.8, 4) is 0 Å². The number of piperidine rings is 1. The van der Waals surface area contributed by atoms with Crippen LogP contribution in [0.3, 0.4) is 0 Å². The summed E-state index contributed by atoms with van der Waals surface area (Å²) >= 11 is 0. The molecule has 2 aliphatic rings. The zero-order chi connectivity index (χ0) is 19.0. The summed E-state index contributed by atoms with van der Waals surface area (Å²) in [6, 6.07) is 6.73. The molecule has 1 atom stereocenters. The molecule has 1 N–H and O–H groups in total. The van der Waals surface area contributed by atoms with E-state index in [1.807, 2.05) is 28.5 Å². The SMILES string of the molecule is CCOC(=O)N1CC[C@@H](N2CCC(n3c(=O)[nH]c4ccc(C)cc43)CC2)C1. The molecule has 4 rings (SSSR count). The molecule has 2 saturated heterocycles. The van der Waals surface area contributed by atoms with Gasteiger partial charge in [-0.05, 0) is 50.8 Å². The second-order valence-corrected chi connectivity index (χ2v) is 7.68. The van der Waals surface area contributed by atoms with Gasteiger partial charge in [-0.15, -0.1) is 0 Å². The van der Waals surface area contributed by atoms with E-state index in [1.54, 1.807) is 0 Å². The van der Waals surface area contributed by atoms with E-state index in [4.69, 9.17) is 4.74 Å². The average Bonchev–Trinajstić information content (AvgIpc) is 3.26. The van der Waals surface area contributed by atoms with E-state index in [2.05, 4.69) is 22.9 Å². The fraction of sp³-hybridized carbons (Fsp3) is 0.600. The summed E-state index contributed by atoms with van der Waals surface area (Å²) in [4.78, 5) is 31.7. The number of carbonyl (C=O) groups is 1. The van der Waals surface area contributed by atoms with Crippen molar-refractivity contribution in [2.24, 2.45) is 0 Å². The number of hydrogen-bond donors (Lipinski definition) is 1. The molecule has 0 radical (unpaired) electrons. The highest BCUT2D eigenvalue weighted by Gasteiger charge is 2.33. The Morgan fingerprint density at radius 1 is 1.19 bits per heavy atom. The van der Waals surface area contributed by atoms with Crippen molar-refractivity contribution < 1.29 is 9.53 Å². The van der Waals surface area contributed by atoms with Gasteiger partial charge in [0.2, 0.25) is 0 Å². The normalized spacial score (nSPS) is 21.9. The third-order valence-corrected chi connectivity index (χ3v) is 5.94. The number of hydrogen-bond acceptors (Lipinski definition) is 4. The standard InChI is InChI=1S/C20H28N4O3/c1-3-27-20(26)23-11-8-16(13-23)22-9-6-15(7-10-22)24-18-12-14(2)4-5-17(18)21-19(24)25/h4-5,12,15-16H,3,6-11,13H2,1-2H3,(H,21,25)/t16-/m1/s1. The van der Waals surface area contributed by atoms with Gasteiger partial charge in [-0.25, -0.2) is 9.59 Å². The lowest BCUT2D eigenvalue weighted by Crippen LogP contribution is -2.44. The molecule has 7 nitrogen and oxygen atoms in total. The van der Waals surface area contributed by atoms with Gasteiger partial charge in [-0.3, -0.25) is 9.47 Å². The van der Waals surface area contributed by atoms with Crippen LogP contribution in [0.1, 0.15) is 37.8 Å². The number of aromatic amines is 1. The highest BCUT2D eigenvalue weighted by molar-refractivity contribution is 5.76. The molecule has 0 spiro atoms. The van der Waals surface area contributed by atoms with Crippen LogP contribution >= 0.6 is 0 Å². The summed E-state index contributed by atoms with van der Waals surface area (Å²) in [6.45, 7) is 7.74. The van der Waals surface area contributed by atoms with E-state index in [9.17, 15) is 9.59 Å². The maximum atomic E-state index is 12.5. The predicted octanol–water partition coefficient (Wildman–Crippen LogP) is 2.51. The molecule has 0 aliphatic carbocycles. The fourth-order valence-corrected chi connectivity index (χ4v) is 4.52. The lowest BCUT2D eigenvalue weighted by atomic mass is 10.0. The van der Waals surface area contributed by atoms with Crippen LogP contribution in [0.5, 0.6) is 0 Å². The Hall–Kier alpha value is -2.28. The second-order valence-electron chi connectivity index (χ2n) is 7.68. The molecule has 2 fully saturated rings. The molecule has 0 unspecified atom stereocenters. The molecule has 2 aliphatic heterocycles. The maximum Gasteiger partial charge on any atom is 0.409 e. The van der Waals surface area contributed by atoms with Gasteiger partial charge in [0, 0.05) is 38.3 Å². The molecule has 1 aromatic carbocycles. The first kappa shape index (κ1) is 18.1. The Balaban J connectivity index is 1.42. The van der Waals surface area contributed by atoms with Crippen LogP contribution in [0.2, 0.25) is 0 Å². The van der Waals surface area contributed by atoms with E-state index in [1.165, 1.54) is 0 Å². The molecular formula is C20H28N4O3. The van der Waals surface area contributed by atoms with Crippen LogP contribution < -0.4 is 5.69 Å². The minimum absolute atomic E-state index is 0.0107. The van der Waals surface area contributed by atoms with Crippen LogP contribution in [0.4, 0.5) is 4.79 Å². The number of aryl methyl sites for hydroxylation is 1. The molecule has 1 amide bonds. The number of nitrogens with one attached hydrogen (secondary N) is 1. The van der Waals surface area contributed by atoms with Crippen molar-refractivity contribution in [3.05, 3.63) is 34.2 Å². The zero-order valence-electron chi connectivity index (χ0n) is 16.1. The molecule has 2 aromatic rings. The maximum absolute atomic E-state index is 12.5. The van der Waals surface area contributed by atoms with Crippen LogP contribution in [0.25, 0.3) is 11.0 Å². The fourth-order valence-electron chi connectivity index (χ4n) is 4.52. The number of imidazole rings is 1. The van der Waals surface area contributed by atoms with Crippen LogP contribution in [0.15, 0.2) is 23.0 Å². The zero-order valence-corrected chi connectivity index (χ0v) is 16.1. The predicted molar refractivity (Wildman–Crippen MR) is 104 cm³/mol. The Morgan fingerprint density at radius 3 is 2.67 bits per heavy atom. The van der Waals surface area contributed by atoms with Gasteiger partial charge >= 0.3 is 11.8 Å². The summed E-state index contributed by atoms with van der Waals surface area (Å²) < 4.78 is 7.06.